The highest BCUT2D eigenvalue weighted by atomic mass is 16.2. The predicted molar refractivity (Wildman–Crippen MR) is 92.3 cm³/mol. The lowest BCUT2D eigenvalue weighted by Crippen LogP contribution is -2.40. The molecule has 0 unspecified atom stereocenters. The van der Waals surface area contributed by atoms with E-state index < -0.39 is 0 Å². The highest BCUT2D eigenvalue weighted by molar-refractivity contribution is 5.85. The summed E-state index contributed by atoms with van der Waals surface area (Å²) in [5.74, 6) is 0.946. The van der Waals surface area contributed by atoms with Crippen LogP contribution in [0.1, 0.15) is 37.1 Å². The maximum absolute atomic E-state index is 12.1. The van der Waals surface area contributed by atoms with E-state index in [1.165, 1.54) is 0 Å². The van der Waals surface area contributed by atoms with Gasteiger partial charge in [-0.1, -0.05) is 12.5 Å². The minimum atomic E-state index is -0.109. The van der Waals surface area contributed by atoms with E-state index >= 15 is 0 Å². The Bertz CT molecular complexity index is 766. The van der Waals surface area contributed by atoms with Crippen molar-refractivity contribution in [3.05, 3.63) is 29.6 Å². The Morgan fingerprint density at radius 2 is 2.12 bits per heavy atom. The number of hydrogen-bond donors (Lipinski definition) is 1. The molecule has 1 aromatic heterocycles. The molecule has 6 nitrogen and oxygen atoms in total. The molecule has 0 atom stereocenters. The molecule has 1 fully saturated rings. The summed E-state index contributed by atoms with van der Waals surface area (Å²) < 4.78 is 2.04. The Hall–Kier alpha value is -2.37. The van der Waals surface area contributed by atoms with E-state index in [1.54, 1.807) is 4.90 Å². The second-order valence-corrected chi connectivity index (χ2v) is 6.44. The van der Waals surface area contributed by atoms with E-state index in [4.69, 9.17) is 0 Å². The van der Waals surface area contributed by atoms with E-state index in [-0.39, 0.29) is 18.4 Å². The van der Waals surface area contributed by atoms with Gasteiger partial charge in [-0.2, -0.15) is 0 Å². The number of imidazole rings is 1. The van der Waals surface area contributed by atoms with E-state index in [1.807, 2.05) is 36.7 Å². The Labute approximate surface area is 141 Å². The lowest BCUT2D eigenvalue weighted by molar-refractivity contribution is -0.135. The average Bonchev–Trinajstić information content (AvgIpc) is 2.71. The van der Waals surface area contributed by atoms with Crippen molar-refractivity contribution < 1.29 is 9.59 Å². The quantitative estimate of drug-likeness (QED) is 0.932. The molecule has 128 valence electrons. The van der Waals surface area contributed by atoms with Crippen LogP contribution in [0.4, 0.5) is 0 Å². The van der Waals surface area contributed by atoms with Gasteiger partial charge in [-0.3, -0.25) is 9.59 Å². The molecule has 2 aromatic rings. The largest absolute Gasteiger partial charge is 0.350 e. The average molecular weight is 328 g/mol. The molecule has 1 saturated heterocycles. The topological polar surface area (TPSA) is 67.2 Å². The fourth-order valence-corrected chi connectivity index (χ4v) is 3.11. The van der Waals surface area contributed by atoms with Gasteiger partial charge < -0.3 is 14.8 Å². The van der Waals surface area contributed by atoms with E-state index in [0.29, 0.717) is 19.5 Å². The zero-order valence-corrected chi connectivity index (χ0v) is 14.3. The Morgan fingerprint density at radius 3 is 2.96 bits per heavy atom. The first kappa shape index (κ1) is 16.5. The van der Waals surface area contributed by atoms with E-state index in [9.17, 15) is 9.59 Å². The van der Waals surface area contributed by atoms with Crippen molar-refractivity contribution in [2.24, 2.45) is 7.05 Å². The van der Waals surface area contributed by atoms with Crippen molar-refractivity contribution in [3.63, 3.8) is 0 Å². The van der Waals surface area contributed by atoms with Gasteiger partial charge in [-0.05, 0) is 37.5 Å². The van der Waals surface area contributed by atoms with Crippen molar-refractivity contribution in [1.82, 2.24) is 19.8 Å². The fourth-order valence-electron chi connectivity index (χ4n) is 3.11. The first-order valence-corrected chi connectivity index (χ1v) is 8.51. The van der Waals surface area contributed by atoms with Gasteiger partial charge in [0.15, 0.2) is 0 Å². The SMILES string of the molecule is Cc1nc2cc(CNC(=O)CN3CCCCCC3=O)ccc2n1C. The van der Waals surface area contributed by atoms with Crippen molar-refractivity contribution in [1.29, 1.82) is 0 Å². The summed E-state index contributed by atoms with van der Waals surface area (Å²) in [6, 6.07) is 6.02. The molecular weight excluding hydrogens is 304 g/mol. The smallest absolute Gasteiger partial charge is 0.239 e. The number of hydrogen-bond acceptors (Lipinski definition) is 3. The molecule has 1 aromatic carbocycles. The zero-order chi connectivity index (χ0) is 17.1. The Morgan fingerprint density at radius 1 is 1.29 bits per heavy atom. The minimum absolute atomic E-state index is 0.0908. The highest BCUT2D eigenvalue weighted by Crippen LogP contribution is 2.16. The molecule has 1 N–H and O–H groups in total. The van der Waals surface area contributed by atoms with Gasteiger partial charge >= 0.3 is 0 Å². The number of likely N-dealkylation sites (tertiary alicyclic amines) is 1. The maximum atomic E-state index is 12.1. The first-order valence-electron chi connectivity index (χ1n) is 8.51. The van der Waals surface area contributed by atoms with Crippen LogP contribution in [-0.2, 0) is 23.2 Å². The van der Waals surface area contributed by atoms with Crippen LogP contribution in [0.25, 0.3) is 11.0 Å². The minimum Gasteiger partial charge on any atom is -0.350 e. The number of amides is 2. The highest BCUT2D eigenvalue weighted by Gasteiger charge is 2.19. The molecule has 0 aliphatic carbocycles. The van der Waals surface area contributed by atoms with Gasteiger partial charge in [-0.25, -0.2) is 4.98 Å². The number of rotatable bonds is 4. The summed E-state index contributed by atoms with van der Waals surface area (Å²) in [4.78, 5) is 30.3. The monoisotopic (exact) mass is 328 g/mol. The Kier molecular flexibility index (Phi) is 4.83. The van der Waals surface area contributed by atoms with E-state index in [2.05, 4.69) is 10.3 Å². The molecule has 1 aliphatic rings. The predicted octanol–water partition coefficient (Wildman–Crippen LogP) is 1.90. The molecular formula is C18H24N4O2. The molecule has 2 heterocycles. The molecule has 3 rings (SSSR count). The summed E-state index contributed by atoms with van der Waals surface area (Å²) in [6.07, 6.45) is 3.53. The number of benzene rings is 1. The fraction of sp³-hybridized carbons (Fsp3) is 0.500. The second kappa shape index (κ2) is 7.03. The number of aryl methyl sites for hydroxylation is 2. The summed E-state index contributed by atoms with van der Waals surface area (Å²) in [6.45, 7) is 3.27. The Balaban J connectivity index is 1.58. The lowest BCUT2D eigenvalue weighted by atomic mass is 10.2. The van der Waals surface area contributed by atoms with Gasteiger partial charge in [0.05, 0.1) is 17.6 Å². The van der Waals surface area contributed by atoms with Crippen LogP contribution in [0.15, 0.2) is 18.2 Å². The van der Waals surface area contributed by atoms with Crippen LogP contribution >= 0.6 is 0 Å². The van der Waals surface area contributed by atoms with Gasteiger partial charge in [0, 0.05) is 26.6 Å². The number of nitrogens with zero attached hydrogens (tertiary/aromatic N) is 3. The van der Waals surface area contributed by atoms with Crippen molar-refractivity contribution in [3.8, 4) is 0 Å². The molecule has 0 radical (unpaired) electrons. The first-order chi connectivity index (χ1) is 11.5. The van der Waals surface area contributed by atoms with Gasteiger partial charge in [-0.15, -0.1) is 0 Å². The second-order valence-electron chi connectivity index (χ2n) is 6.44. The molecule has 6 heteroatoms. The summed E-state index contributed by atoms with van der Waals surface area (Å²) >= 11 is 0. The van der Waals surface area contributed by atoms with Crippen molar-refractivity contribution in [2.45, 2.75) is 39.2 Å². The normalized spacial score (nSPS) is 15.6. The standard InChI is InChI=1S/C18H24N4O2/c1-13-20-15-10-14(7-8-16(15)21(13)2)11-19-17(23)12-22-9-5-3-4-6-18(22)24/h7-8,10H,3-6,9,11-12H2,1-2H3,(H,19,23). The summed E-state index contributed by atoms with van der Waals surface area (Å²) in [5, 5.41) is 2.91. The number of fused-ring (bicyclic) bond motifs is 1. The molecule has 1 aliphatic heterocycles. The van der Waals surface area contributed by atoms with Crippen LogP contribution < -0.4 is 5.32 Å². The lowest BCUT2D eigenvalue weighted by Gasteiger charge is -2.19. The van der Waals surface area contributed by atoms with Gasteiger partial charge in [0.1, 0.15) is 5.82 Å². The number of carbonyl (C=O) groups is 2. The van der Waals surface area contributed by atoms with Gasteiger partial charge in [0.25, 0.3) is 0 Å². The third-order valence-corrected chi connectivity index (χ3v) is 4.66. The van der Waals surface area contributed by atoms with Crippen molar-refractivity contribution >= 4 is 22.8 Å². The number of nitrogens with one attached hydrogen (secondary N) is 1. The van der Waals surface area contributed by atoms with E-state index in [0.717, 1.165) is 41.7 Å². The summed E-state index contributed by atoms with van der Waals surface area (Å²) in [5.41, 5.74) is 3.03. The van der Waals surface area contributed by atoms with Crippen LogP contribution in [-0.4, -0.2) is 39.4 Å². The third-order valence-electron chi connectivity index (χ3n) is 4.66. The third kappa shape index (κ3) is 3.58. The van der Waals surface area contributed by atoms with Gasteiger partial charge in [0.2, 0.25) is 11.8 Å². The van der Waals surface area contributed by atoms with Crippen LogP contribution in [0.3, 0.4) is 0 Å². The maximum Gasteiger partial charge on any atom is 0.239 e. The van der Waals surface area contributed by atoms with Crippen molar-refractivity contribution in [2.75, 3.05) is 13.1 Å². The summed E-state index contributed by atoms with van der Waals surface area (Å²) in [7, 11) is 1.99. The zero-order valence-electron chi connectivity index (χ0n) is 14.3. The molecule has 0 bridgehead atoms. The van der Waals surface area contributed by atoms with Crippen LogP contribution in [0, 0.1) is 6.92 Å². The molecule has 24 heavy (non-hydrogen) atoms. The molecule has 0 spiro atoms. The number of carbonyl (C=O) groups excluding carboxylic acids is 2. The molecule has 0 saturated carbocycles. The van der Waals surface area contributed by atoms with Crippen LogP contribution in [0.2, 0.25) is 0 Å². The van der Waals surface area contributed by atoms with Crippen LogP contribution in [0.5, 0.6) is 0 Å². The number of aromatic nitrogens is 2. The molecule has 2 amide bonds.